The van der Waals surface area contributed by atoms with Crippen LogP contribution in [0, 0.1) is 0 Å². The standard InChI is InChI=1S/C15H11ClN4O3S/c16-11-6-4-10(5-7-11)15(21)19-20(24(22)23)13-3-1-2-12-14(13)18-9-8-17-12/h1-9H,(H,19,21)(H,22,23). The largest absolute Gasteiger partial charge is 0.288 e. The molecule has 2 N–H and O–H groups in total. The number of nitrogens with zero attached hydrogens (tertiary/aromatic N) is 3. The number of amides is 1. The van der Waals surface area contributed by atoms with Gasteiger partial charge in [0.2, 0.25) is 0 Å². The minimum Gasteiger partial charge on any atom is -0.288 e. The number of hydrazine groups is 1. The topological polar surface area (TPSA) is 95.4 Å². The average molecular weight is 363 g/mol. The lowest BCUT2D eigenvalue weighted by molar-refractivity contribution is 0.0955. The van der Waals surface area contributed by atoms with Crippen molar-refractivity contribution in [2.24, 2.45) is 0 Å². The van der Waals surface area contributed by atoms with Crippen LogP contribution in [0.15, 0.2) is 54.9 Å². The fourth-order valence-corrected chi connectivity index (χ4v) is 2.69. The first-order valence-electron chi connectivity index (χ1n) is 6.73. The maximum atomic E-state index is 12.3. The highest BCUT2D eigenvalue weighted by atomic mass is 35.5. The first-order chi connectivity index (χ1) is 11.6. The van der Waals surface area contributed by atoms with E-state index in [0.29, 0.717) is 21.6 Å². The van der Waals surface area contributed by atoms with Crippen LogP contribution in [-0.4, -0.2) is 24.6 Å². The van der Waals surface area contributed by atoms with Crippen molar-refractivity contribution in [1.29, 1.82) is 0 Å². The molecule has 24 heavy (non-hydrogen) atoms. The molecular weight excluding hydrogens is 352 g/mol. The summed E-state index contributed by atoms with van der Waals surface area (Å²) in [5, 5.41) is 0.485. The van der Waals surface area contributed by atoms with E-state index in [1.54, 1.807) is 30.3 Å². The fourth-order valence-electron chi connectivity index (χ4n) is 2.08. The van der Waals surface area contributed by atoms with E-state index in [-0.39, 0.29) is 5.69 Å². The number of carbonyl (C=O) groups excluding carboxylic acids is 1. The number of aromatic nitrogens is 2. The summed E-state index contributed by atoms with van der Waals surface area (Å²) in [6.07, 6.45) is 2.98. The Balaban J connectivity index is 1.96. The van der Waals surface area contributed by atoms with E-state index in [1.165, 1.54) is 24.5 Å². The molecular formula is C15H11ClN4O3S. The van der Waals surface area contributed by atoms with Crippen molar-refractivity contribution < 1.29 is 13.6 Å². The summed E-state index contributed by atoms with van der Waals surface area (Å²) in [7, 11) is 0. The lowest BCUT2D eigenvalue weighted by Crippen LogP contribution is -2.43. The molecule has 0 spiro atoms. The SMILES string of the molecule is O=C(NN(c1cccc2nccnc12)S(=O)O)c1ccc(Cl)cc1. The number of anilines is 1. The molecule has 122 valence electrons. The van der Waals surface area contributed by atoms with Gasteiger partial charge in [0.15, 0.2) is 0 Å². The Morgan fingerprint density at radius 3 is 2.54 bits per heavy atom. The van der Waals surface area contributed by atoms with Gasteiger partial charge in [-0.1, -0.05) is 17.7 Å². The van der Waals surface area contributed by atoms with E-state index >= 15 is 0 Å². The number of para-hydroxylation sites is 1. The molecule has 1 amide bonds. The van der Waals surface area contributed by atoms with Crippen molar-refractivity contribution in [3.8, 4) is 0 Å². The quantitative estimate of drug-likeness (QED) is 0.549. The van der Waals surface area contributed by atoms with Gasteiger partial charge in [-0.05, 0) is 36.4 Å². The number of nitrogens with one attached hydrogen (secondary N) is 1. The van der Waals surface area contributed by atoms with E-state index in [1.807, 2.05) is 0 Å². The number of hydrogen-bond acceptors (Lipinski definition) is 4. The molecule has 0 radical (unpaired) electrons. The van der Waals surface area contributed by atoms with Gasteiger partial charge in [-0.15, -0.1) is 0 Å². The van der Waals surface area contributed by atoms with Gasteiger partial charge in [-0.25, -0.2) is 9.63 Å². The van der Waals surface area contributed by atoms with Gasteiger partial charge in [0.25, 0.3) is 17.2 Å². The zero-order chi connectivity index (χ0) is 17.1. The third-order valence-corrected chi connectivity index (χ3v) is 4.01. The summed E-state index contributed by atoms with van der Waals surface area (Å²) >= 11 is 3.29. The van der Waals surface area contributed by atoms with Gasteiger partial charge < -0.3 is 0 Å². The van der Waals surface area contributed by atoms with Gasteiger partial charge in [-0.2, -0.15) is 4.41 Å². The maximum absolute atomic E-state index is 12.3. The minimum atomic E-state index is -2.50. The maximum Gasteiger partial charge on any atom is 0.281 e. The third kappa shape index (κ3) is 3.35. The molecule has 1 atom stereocenters. The van der Waals surface area contributed by atoms with E-state index in [9.17, 15) is 13.6 Å². The van der Waals surface area contributed by atoms with Crippen molar-refractivity contribution in [3.05, 3.63) is 65.4 Å². The van der Waals surface area contributed by atoms with Crippen LogP contribution >= 0.6 is 11.6 Å². The van der Waals surface area contributed by atoms with Crippen LogP contribution in [0.5, 0.6) is 0 Å². The van der Waals surface area contributed by atoms with Crippen LogP contribution < -0.4 is 9.84 Å². The lowest BCUT2D eigenvalue weighted by atomic mass is 10.2. The van der Waals surface area contributed by atoms with Gasteiger partial charge in [-0.3, -0.25) is 19.3 Å². The highest BCUT2D eigenvalue weighted by molar-refractivity contribution is 7.80. The van der Waals surface area contributed by atoms with Crippen molar-refractivity contribution in [2.75, 3.05) is 4.41 Å². The molecule has 0 aliphatic heterocycles. The Kier molecular flexibility index (Phi) is 4.70. The van der Waals surface area contributed by atoms with Gasteiger partial charge >= 0.3 is 0 Å². The Bertz CT molecular complexity index is 915. The Morgan fingerprint density at radius 1 is 1.12 bits per heavy atom. The molecule has 1 heterocycles. The summed E-state index contributed by atoms with van der Waals surface area (Å²) in [6, 6.07) is 11.1. The predicted octanol–water partition coefficient (Wildman–Crippen LogP) is 2.57. The minimum absolute atomic E-state index is 0.253. The highest BCUT2D eigenvalue weighted by Gasteiger charge is 2.20. The molecule has 1 unspecified atom stereocenters. The first-order valence-corrected chi connectivity index (χ1v) is 8.18. The summed E-state index contributed by atoms with van der Waals surface area (Å²) < 4.78 is 22.1. The second-order valence-corrected chi connectivity index (χ2v) is 5.94. The predicted molar refractivity (Wildman–Crippen MR) is 91.7 cm³/mol. The Labute approximate surface area is 144 Å². The number of fused-ring (bicyclic) bond motifs is 1. The first kappa shape index (κ1) is 16.3. The zero-order valence-electron chi connectivity index (χ0n) is 12.1. The molecule has 0 bridgehead atoms. The molecule has 0 aliphatic carbocycles. The van der Waals surface area contributed by atoms with Crippen LogP contribution in [0.25, 0.3) is 11.0 Å². The van der Waals surface area contributed by atoms with Crippen LogP contribution in [0.2, 0.25) is 5.02 Å². The van der Waals surface area contributed by atoms with Crippen molar-refractivity contribution in [2.45, 2.75) is 0 Å². The number of benzene rings is 2. The van der Waals surface area contributed by atoms with E-state index in [4.69, 9.17) is 11.6 Å². The summed E-state index contributed by atoms with van der Waals surface area (Å²) in [4.78, 5) is 20.6. The molecule has 2 aromatic carbocycles. The molecule has 9 heteroatoms. The smallest absolute Gasteiger partial charge is 0.281 e. The van der Waals surface area contributed by atoms with Crippen molar-refractivity contribution in [3.63, 3.8) is 0 Å². The monoisotopic (exact) mass is 362 g/mol. The van der Waals surface area contributed by atoms with Crippen LogP contribution in [-0.2, 0) is 11.3 Å². The molecule has 7 nitrogen and oxygen atoms in total. The summed E-state index contributed by atoms with van der Waals surface area (Å²) in [6.45, 7) is 0. The normalized spacial score (nSPS) is 11.9. The van der Waals surface area contributed by atoms with E-state index in [2.05, 4.69) is 15.4 Å². The van der Waals surface area contributed by atoms with Crippen LogP contribution in [0.4, 0.5) is 5.69 Å². The summed E-state index contributed by atoms with van der Waals surface area (Å²) in [5.41, 5.74) is 3.86. The molecule has 0 saturated carbocycles. The Morgan fingerprint density at radius 2 is 1.83 bits per heavy atom. The molecule has 3 rings (SSSR count). The molecule has 1 aromatic heterocycles. The Hall–Kier alpha value is -2.55. The molecule has 0 aliphatic rings. The fraction of sp³-hybridized carbons (Fsp3) is 0. The third-order valence-electron chi connectivity index (χ3n) is 3.16. The van der Waals surface area contributed by atoms with Crippen LogP contribution in [0.3, 0.4) is 0 Å². The van der Waals surface area contributed by atoms with Crippen molar-refractivity contribution in [1.82, 2.24) is 15.4 Å². The van der Waals surface area contributed by atoms with E-state index in [0.717, 1.165) is 4.41 Å². The lowest BCUT2D eigenvalue weighted by Gasteiger charge is -2.21. The molecule has 0 saturated heterocycles. The molecule has 0 fully saturated rings. The molecule has 3 aromatic rings. The van der Waals surface area contributed by atoms with E-state index < -0.39 is 17.2 Å². The number of rotatable bonds is 4. The number of halogens is 1. The van der Waals surface area contributed by atoms with Crippen molar-refractivity contribution >= 4 is 45.5 Å². The number of carbonyl (C=O) groups is 1. The summed E-state index contributed by atoms with van der Waals surface area (Å²) in [5.74, 6) is -0.560. The second kappa shape index (κ2) is 6.91. The van der Waals surface area contributed by atoms with Gasteiger partial charge in [0.1, 0.15) is 11.2 Å². The zero-order valence-corrected chi connectivity index (χ0v) is 13.7. The highest BCUT2D eigenvalue weighted by Crippen LogP contribution is 2.23. The van der Waals surface area contributed by atoms with Crippen LogP contribution in [0.1, 0.15) is 10.4 Å². The van der Waals surface area contributed by atoms with Gasteiger partial charge in [0, 0.05) is 23.0 Å². The number of hydrogen-bond donors (Lipinski definition) is 2. The second-order valence-electron chi connectivity index (χ2n) is 4.67. The van der Waals surface area contributed by atoms with Gasteiger partial charge in [0.05, 0.1) is 5.52 Å². The average Bonchev–Trinajstić information content (AvgIpc) is 2.59.